The predicted octanol–water partition coefficient (Wildman–Crippen LogP) is 7.54. The molecule has 0 unspecified atom stereocenters. The largest absolute Gasteiger partial charge is 0.314 e. The van der Waals surface area contributed by atoms with Crippen molar-refractivity contribution < 1.29 is 0 Å². The van der Waals surface area contributed by atoms with Crippen LogP contribution >= 0.6 is 0 Å². The second kappa shape index (κ2) is 6.50. The summed E-state index contributed by atoms with van der Waals surface area (Å²) in [4.78, 5) is 2.58. The number of benzene rings is 4. The molecule has 0 atom stereocenters. The van der Waals surface area contributed by atoms with Crippen molar-refractivity contribution >= 4 is 40.1 Å². The van der Waals surface area contributed by atoms with E-state index in [4.69, 9.17) is 0 Å². The van der Waals surface area contributed by atoms with Crippen molar-refractivity contribution in [3.05, 3.63) is 131 Å². The molecular weight excluding hydrogens is 433 g/mol. The van der Waals surface area contributed by atoms with Gasteiger partial charge in [-0.3, -0.25) is 0 Å². The average Bonchev–Trinajstić information content (AvgIpc) is 3.45. The molecule has 1 nitrogen and oxygen atoms in total. The molecule has 0 spiro atoms. The summed E-state index contributed by atoms with van der Waals surface area (Å²) in [6.45, 7) is 9.92. The molecule has 2 heteroatoms. The summed E-state index contributed by atoms with van der Waals surface area (Å²) >= 11 is 0. The third kappa shape index (κ3) is 2.20. The van der Waals surface area contributed by atoms with Gasteiger partial charge in [-0.1, -0.05) is 112 Å². The molecule has 0 saturated carbocycles. The molecule has 4 aliphatic rings. The molecule has 0 saturated heterocycles. The second-order valence-corrected chi connectivity index (χ2v) is 11.7. The first-order valence-electron chi connectivity index (χ1n) is 13.1. The van der Waals surface area contributed by atoms with Crippen LogP contribution in [0.3, 0.4) is 0 Å². The molecule has 0 bridgehead atoms. The maximum absolute atomic E-state index is 2.58. The van der Waals surface area contributed by atoms with E-state index in [1.807, 2.05) is 0 Å². The minimum absolute atomic E-state index is 0.0235. The summed E-state index contributed by atoms with van der Waals surface area (Å²) in [6, 6.07) is 36.2. The van der Waals surface area contributed by atoms with Crippen LogP contribution in [0.1, 0.15) is 55.5 Å². The first-order valence-corrected chi connectivity index (χ1v) is 13.1. The fraction of sp³-hybridized carbons (Fsp3) is 0.176. The molecule has 2 aliphatic carbocycles. The number of nitrogens with zero attached hydrogens (tertiary/aromatic N) is 1. The fourth-order valence-corrected chi connectivity index (χ4v) is 7.87. The van der Waals surface area contributed by atoms with Gasteiger partial charge in [0.2, 0.25) is 6.71 Å². The van der Waals surface area contributed by atoms with Gasteiger partial charge >= 0.3 is 0 Å². The van der Waals surface area contributed by atoms with Gasteiger partial charge in [0, 0.05) is 27.9 Å². The quantitative estimate of drug-likeness (QED) is 0.265. The molecule has 0 N–H and O–H groups in total. The Morgan fingerprint density at radius 3 is 1.86 bits per heavy atom. The second-order valence-electron chi connectivity index (χ2n) is 11.7. The summed E-state index contributed by atoms with van der Waals surface area (Å²) in [7, 11) is 0. The van der Waals surface area contributed by atoms with Gasteiger partial charge < -0.3 is 4.90 Å². The minimum atomic E-state index is -0.105. The maximum atomic E-state index is 2.58. The lowest BCUT2D eigenvalue weighted by atomic mass is 9.34. The standard InChI is InChI=1S/C34H28BN/c1-33(2)25-18-10-8-15-22(25)30-28(33)24-17-12-20-27-29(24)35(30)31-23-16-9-11-19-26(23)34(3,4)32(31)36(27)21-13-6-5-7-14-21/h5-20H,1-4H3. The van der Waals surface area contributed by atoms with Gasteiger partial charge in [0.05, 0.1) is 0 Å². The average molecular weight is 461 g/mol. The Kier molecular flexibility index (Phi) is 3.69. The highest BCUT2D eigenvalue weighted by Gasteiger charge is 2.56. The Labute approximate surface area is 213 Å². The number of rotatable bonds is 1. The Morgan fingerprint density at radius 1 is 0.556 bits per heavy atom. The van der Waals surface area contributed by atoms with E-state index in [1.165, 1.54) is 66.9 Å². The highest BCUT2D eigenvalue weighted by atomic mass is 15.2. The third-order valence-electron chi connectivity index (χ3n) is 9.22. The summed E-state index contributed by atoms with van der Waals surface area (Å²) in [5.41, 5.74) is 17.1. The molecule has 4 aromatic carbocycles. The lowest BCUT2D eigenvalue weighted by molar-refractivity contribution is 0.626. The zero-order chi connectivity index (χ0) is 24.4. The Bertz CT molecular complexity index is 1690. The molecule has 0 radical (unpaired) electrons. The van der Waals surface area contributed by atoms with E-state index in [1.54, 1.807) is 0 Å². The first kappa shape index (κ1) is 20.4. The molecule has 2 aliphatic heterocycles. The van der Waals surface area contributed by atoms with Crippen molar-refractivity contribution in [2.75, 3.05) is 4.90 Å². The van der Waals surface area contributed by atoms with Crippen LogP contribution in [0.4, 0.5) is 11.4 Å². The monoisotopic (exact) mass is 461 g/mol. The van der Waals surface area contributed by atoms with Crippen LogP contribution in [0.15, 0.2) is 103 Å². The highest BCUT2D eigenvalue weighted by Crippen LogP contribution is 2.61. The zero-order valence-electron chi connectivity index (χ0n) is 21.3. The summed E-state index contributed by atoms with van der Waals surface area (Å²) in [5, 5.41) is 0. The van der Waals surface area contributed by atoms with E-state index in [2.05, 4.69) is 130 Å². The Morgan fingerprint density at radius 2 is 1.14 bits per heavy atom. The molecule has 36 heavy (non-hydrogen) atoms. The molecule has 0 fully saturated rings. The van der Waals surface area contributed by atoms with Crippen LogP contribution < -0.4 is 10.4 Å². The fourth-order valence-electron chi connectivity index (χ4n) is 7.87. The molecular formula is C34H28BN. The minimum Gasteiger partial charge on any atom is -0.314 e. The maximum Gasteiger partial charge on any atom is 0.249 e. The van der Waals surface area contributed by atoms with E-state index in [-0.39, 0.29) is 17.5 Å². The summed E-state index contributed by atoms with van der Waals surface area (Å²) < 4.78 is 0. The van der Waals surface area contributed by atoms with Gasteiger partial charge in [0.1, 0.15) is 0 Å². The third-order valence-corrected chi connectivity index (χ3v) is 9.22. The molecule has 2 heterocycles. The summed E-state index contributed by atoms with van der Waals surface area (Å²) in [5.74, 6) is 0. The van der Waals surface area contributed by atoms with Gasteiger partial charge in [-0.15, -0.1) is 0 Å². The van der Waals surface area contributed by atoms with Gasteiger partial charge in [-0.25, -0.2) is 0 Å². The van der Waals surface area contributed by atoms with E-state index >= 15 is 0 Å². The van der Waals surface area contributed by atoms with Crippen molar-refractivity contribution in [1.29, 1.82) is 0 Å². The van der Waals surface area contributed by atoms with E-state index in [9.17, 15) is 0 Å². The first-order chi connectivity index (χ1) is 17.4. The van der Waals surface area contributed by atoms with E-state index in [0.717, 1.165) is 0 Å². The molecule has 4 aromatic rings. The topological polar surface area (TPSA) is 3.24 Å². The Hall–Kier alpha value is -3.78. The molecule has 172 valence electrons. The smallest absolute Gasteiger partial charge is 0.249 e. The number of hydrogen-bond donors (Lipinski definition) is 0. The lowest BCUT2D eigenvalue weighted by Crippen LogP contribution is -2.44. The van der Waals surface area contributed by atoms with Crippen molar-refractivity contribution in [1.82, 2.24) is 0 Å². The van der Waals surface area contributed by atoms with Crippen molar-refractivity contribution in [2.45, 2.75) is 38.5 Å². The van der Waals surface area contributed by atoms with E-state index < -0.39 is 0 Å². The lowest BCUT2D eigenvalue weighted by Gasteiger charge is -2.41. The molecule has 8 rings (SSSR count). The zero-order valence-corrected chi connectivity index (χ0v) is 21.3. The highest BCUT2D eigenvalue weighted by molar-refractivity contribution is 7.08. The van der Waals surface area contributed by atoms with Crippen LogP contribution in [0.2, 0.25) is 0 Å². The van der Waals surface area contributed by atoms with Gasteiger partial charge in [-0.2, -0.15) is 0 Å². The van der Waals surface area contributed by atoms with Crippen LogP contribution in [-0.4, -0.2) is 6.71 Å². The van der Waals surface area contributed by atoms with Crippen LogP contribution in [0.5, 0.6) is 0 Å². The number of anilines is 2. The predicted molar refractivity (Wildman–Crippen MR) is 153 cm³/mol. The number of para-hydroxylation sites is 1. The van der Waals surface area contributed by atoms with Gasteiger partial charge in [0.15, 0.2) is 0 Å². The van der Waals surface area contributed by atoms with Crippen LogP contribution in [0, 0.1) is 0 Å². The Balaban J connectivity index is 1.53. The van der Waals surface area contributed by atoms with Crippen molar-refractivity contribution in [3.8, 4) is 0 Å². The van der Waals surface area contributed by atoms with Gasteiger partial charge in [0.25, 0.3) is 0 Å². The SMILES string of the molecule is CC1(C)C2=C(B3C4=C(N(c5ccccc5)c5cccc2c53)C(C)(C)c2ccccc24)c2ccccc21. The van der Waals surface area contributed by atoms with Crippen LogP contribution in [-0.2, 0) is 10.8 Å². The van der Waals surface area contributed by atoms with Crippen molar-refractivity contribution in [2.24, 2.45) is 0 Å². The normalized spacial score (nSPS) is 19.2. The van der Waals surface area contributed by atoms with Crippen LogP contribution in [0.25, 0.3) is 16.5 Å². The number of hydrogen-bond acceptors (Lipinski definition) is 1. The number of fused-ring (bicyclic) bond motifs is 7. The molecule has 0 amide bonds. The van der Waals surface area contributed by atoms with E-state index in [0.29, 0.717) is 0 Å². The number of allylic oxidation sites excluding steroid dienone is 2. The van der Waals surface area contributed by atoms with Gasteiger partial charge in [-0.05, 0) is 62.5 Å². The molecule has 0 aromatic heterocycles. The summed E-state index contributed by atoms with van der Waals surface area (Å²) in [6.07, 6.45) is 0. The van der Waals surface area contributed by atoms with Crippen molar-refractivity contribution in [3.63, 3.8) is 0 Å².